The molecule has 0 fully saturated rings. The van der Waals surface area contributed by atoms with Gasteiger partial charge >= 0.3 is 5.82 Å². The van der Waals surface area contributed by atoms with Gasteiger partial charge in [-0.15, -0.1) is 0 Å². The first-order valence-electron chi connectivity index (χ1n) is 5.86. The minimum atomic E-state index is -0.567. The van der Waals surface area contributed by atoms with Crippen molar-refractivity contribution in [2.45, 2.75) is 6.54 Å². The molecule has 6 nitrogen and oxygen atoms in total. The van der Waals surface area contributed by atoms with Gasteiger partial charge in [-0.05, 0) is 28.7 Å². The summed E-state index contributed by atoms with van der Waals surface area (Å²) < 4.78 is 14.3. The molecule has 0 aliphatic rings. The van der Waals surface area contributed by atoms with Crippen LogP contribution in [0.3, 0.4) is 0 Å². The van der Waals surface area contributed by atoms with Crippen LogP contribution in [0.4, 0.5) is 10.2 Å². The number of nitrogens with zero attached hydrogens (tertiary/aromatic N) is 3. The fourth-order valence-electron chi connectivity index (χ4n) is 1.77. The lowest BCUT2D eigenvalue weighted by atomic mass is 10.2. The maximum absolute atomic E-state index is 13.0. The molecule has 104 valence electrons. The number of aliphatic hydroxyl groups is 1. The monoisotopic (exact) mass is 277 g/mol. The Morgan fingerprint density at radius 1 is 1.45 bits per heavy atom. The predicted octanol–water partition coefficient (Wildman–Crippen LogP) is 2.09. The number of benzene rings is 1. The van der Waals surface area contributed by atoms with Crippen LogP contribution >= 0.6 is 0 Å². The van der Waals surface area contributed by atoms with Crippen molar-refractivity contribution in [3.8, 4) is 0 Å². The highest BCUT2D eigenvalue weighted by Gasteiger charge is 2.17. The molecule has 20 heavy (non-hydrogen) atoms. The fourth-order valence-corrected chi connectivity index (χ4v) is 1.77. The number of aromatic nitrogens is 2. The predicted molar refractivity (Wildman–Crippen MR) is 71.3 cm³/mol. The summed E-state index contributed by atoms with van der Waals surface area (Å²) >= 11 is 0. The summed E-state index contributed by atoms with van der Waals surface area (Å²) in [4.78, 5) is 14.2. The van der Waals surface area contributed by atoms with E-state index in [1.165, 1.54) is 22.8 Å². The van der Waals surface area contributed by atoms with E-state index in [0.29, 0.717) is 11.4 Å². The maximum Gasteiger partial charge on any atom is 0.343 e. The molecule has 0 amide bonds. The molecule has 2 aromatic rings. The summed E-state index contributed by atoms with van der Waals surface area (Å²) in [7, 11) is 0. The summed E-state index contributed by atoms with van der Waals surface area (Å²) in [6, 6.07) is 5.93. The standard InChI is InChI=1S/C13H12FN3O3/c14-11-3-1-2-10(8-11)4-5-12-15-9-13(17(19)20)16(12)6-7-18/h1-5,8-9,18H,6-7H2/b5-4+. The molecule has 1 aromatic carbocycles. The first-order valence-corrected chi connectivity index (χ1v) is 5.86. The van der Waals surface area contributed by atoms with Gasteiger partial charge in [0.15, 0.2) is 0 Å². The van der Waals surface area contributed by atoms with Crippen LogP contribution in [0.2, 0.25) is 0 Å². The minimum Gasteiger partial charge on any atom is -0.392 e. The summed E-state index contributed by atoms with van der Waals surface area (Å²) in [5.74, 6) is -0.232. The van der Waals surface area contributed by atoms with E-state index in [-0.39, 0.29) is 24.8 Å². The van der Waals surface area contributed by atoms with Crippen LogP contribution in [0.5, 0.6) is 0 Å². The van der Waals surface area contributed by atoms with Crippen molar-refractivity contribution in [2.24, 2.45) is 0 Å². The van der Waals surface area contributed by atoms with Crippen LogP contribution in [0.1, 0.15) is 11.4 Å². The first kappa shape index (κ1) is 13.9. The molecule has 0 unspecified atom stereocenters. The van der Waals surface area contributed by atoms with E-state index in [1.807, 2.05) is 0 Å². The Bertz CT molecular complexity index is 652. The Hall–Kier alpha value is -2.54. The normalized spacial score (nSPS) is 11.1. The summed E-state index contributed by atoms with van der Waals surface area (Å²) in [6.45, 7) is -0.170. The van der Waals surface area contributed by atoms with Gasteiger partial charge < -0.3 is 15.2 Å². The van der Waals surface area contributed by atoms with Crippen LogP contribution in [-0.2, 0) is 6.54 Å². The largest absolute Gasteiger partial charge is 0.392 e. The highest BCUT2D eigenvalue weighted by molar-refractivity contribution is 5.67. The van der Waals surface area contributed by atoms with Gasteiger partial charge in [0.25, 0.3) is 0 Å². The van der Waals surface area contributed by atoms with E-state index < -0.39 is 4.92 Å². The van der Waals surface area contributed by atoms with Gasteiger partial charge in [0.2, 0.25) is 5.82 Å². The number of nitro groups is 1. The molecule has 0 spiro atoms. The van der Waals surface area contributed by atoms with Crippen molar-refractivity contribution in [1.29, 1.82) is 0 Å². The number of hydrogen-bond acceptors (Lipinski definition) is 4. The van der Waals surface area contributed by atoms with Crippen molar-refractivity contribution in [2.75, 3.05) is 6.61 Å². The lowest BCUT2D eigenvalue weighted by molar-refractivity contribution is -0.392. The van der Waals surface area contributed by atoms with Crippen molar-refractivity contribution in [1.82, 2.24) is 9.55 Å². The van der Waals surface area contributed by atoms with E-state index in [4.69, 9.17) is 5.11 Å². The summed E-state index contributed by atoms with van der Waals surface area (Å²) in [5, 5.41) is 19.8. The third-order valence-corrected chi connectivity index (χ3v) is 2.65. The van der Waals surface area contributed by atoms with E-state index in [2.05, 4.69) is 4.98 Å². The van der Waals surface area contributed by atoms with Crippen LogP contribution in [0, 0.1) is 15.9 Å². The molecule has 1 aromatic heterocycles. The Morgan fingerprint density at radius 3 is 2.90 bits per heavy atom. The van der Waals surface area contributed by atoms with Crippen LogP contribution in [-0.4, -0.2) is 26.2 Å². The molecule has 0 atom stereocenters. The third kappa shape index (κ3) is 3.07. The molecule has 0 saturated heterocycles. The molecule has 0 aliphatic heterocycles. The maximum atomic E-state index is 13.0. The first-order chi connectivity index (χ1) is 9.61. The molecule has 2 rings (SSSR count). The molecule has 0 bridgehead atoms. The van der Waals surface area contributed by atoms with Crippen molar-refractivity contribution in [3.05, 3.63) is 57.8 Å². The molecule has 0 radical (unpaired) electrons. The quantitative estimate of drug-likeness (QED) is 0.670. The van der Waals surface area contributed by atoms with Gasteiger partial charge in [-0.1, -0.05) is 12.1 Å². The van der Waals surface area contributed by atoms with Crippen LogP contribution in [0.15, 0.2) is 30.5 Å². The number of imidazole rings is 1. The molecule has 0 aliphatic carbocycles. The third-order valence-electron chi connectivity index (χ3n) is 2.65. The molecular formula is C13H12FN3O3. The fraction of sp³-hybridized carbons (Fsp3) is 0.154. The minimum absolute atomic E-state index is 0.0686. The molecule has 1 heterocycles. The summed E-state index contributed by atoms with van der Waals surface area (Å²) in [5.41, 5.74) is 0.617. The van der Waals surface area contributed by atoms with Crippen LogP contribution < -0.4 is 0 Å². The van der Waals surface area contributed by atoms with Crippen molar-refractivity contribution < 1.29 is 14.4 Å². The van der Waals surface area contributed by atoms with Crippen LogP contribution in [0.25, 0.3) is 12.2 Å². The highest BCUT2D eigenvalue weighted by atomic mass is 19.1. The second-order valence-electron chi connectivity index (χ2n) is 4.00. The molecule has 7 heteroatoms. The lowest BCUT2D eigenvalue weighted by Crippen LogP contribution is -2.07. The van der Waals surface area contributed by atoms with E-state index in [1.54, 1.807) is 18.2 Å². The average Bonchev–Trinajstić information content (AvgIpc) is 2.80. The average molecular weight is 277 g/mol. The van der Waals surface area contributed by atoms with Crippen molar-refractivity contribution in [3.63, 3.8) is 0 Å². The van der Waals surface area contributed by atoms with Gasteiger partial charge in [0.05, 0.1) is 6.61 Å². The molecule has 0 saturated carbocycles. The smallest absolute Gasteiger partial charge is 0.343 e. The van der Waals surface area contributed by atoms with Gasteiger partial charge in [0.1, 0.15) is 18.6 Å². The van der Waals surface area contributed by atoms with Crippen molar-refractivity contribution >= 4 is 18.0 Å². The van der Waals surface area contributed by atoms with E-state index in [0.717, 1.165) is 6.20 Å². The van der Waals surface area contributed by atoms with E-state index >= 15 is 0 Å². The van der Waals surface area contributed by atoms with Gasteiger partial charge in [-0.25, -0.2) is 13.9 Å². The zero-order chi connectivity index (χ0) is 14.5. The summed E-state index contributed by atoms with van der Waals surface area (Å²) in [6.07, 6.45) is 4.27. The number of hydrogen-bond donors (Lipinski definition) is 1. The Balaban J connectivity index is 2.31. The lowest BCUT2D eigenvalue weighted by Gasteiger charge is -2.00. The second kappa shape index (κ2) is 6.07. The molecule has 1 N–H and O–H groups in total. The van der Waals surface area contributed by atoms with Gasteiger partial charge in [-0.3, -0.25) is 0 Å². The van der Waals surface area contributed by atoms with Gasteiger partial charge in [0, 0.05) is 6.08 Å². The Kier molecular flexibility index (Phi) is 4.21. The van der Waals surface area contributed by atoms with E-state index in [9.17, 15) is 14.5 Å². The zero-order valence-corrected chi connectivity index (χ0v) is 10.4. The Morgan fingerprint density at radius 2 is 2.25 bits per heavy atom. The zero-order valence-electron chi connectivity index (χ0n) is 10.4. The second-order valence-corrected chi connectivity index (χ2v) is 4.00. The van der Waals surface area contributed by atoms with Gasteiger partial charge in [-0.2, -0.15) is 0 Å². The number of rotatable bonds is 5. The number of halogens is 1. The molecular weight excluding hydrogens is 265 g/mol. The Labute approximate surface area is 114 Å². The topological polar surface area (TPSA) is 81.2 Å². The highest BCUT2D eigenvalue weighted by Crippen LogP contribution is 2.16. The number of aliphatic hydroxyl groups excluding tert-OH is 1. The SMILES string of the molecule is O=[N+]([O-])c1cnc(/C=C/c2cccc(F)c2)n1CCO.